The van der Waals surface area contributed by atoms with E-state index < -0.39 is 36.4 Å². The van der Waals surface area contributed by atoms with Gasteiger partial charge in [-0.3, -0.25) is 14.8 Å². The number of fused-ring (bicyclic) bond motifs is 6. The number of aliphatic carboxylic acids is 3. The molecule has 15 nitrogen and oxygen atoms in total. The van der Waals surface area contributed by atoms with Crippen molar-refractivity contribution < 1.29 is 74.0 Å². The van der Waals surface area contributed by atoms with Gasteiger partial charge in [-0.1, -0.05) is 11.6 Å². The Balaban J connectivity index is 0.000000365. The van der Waals surface area contributed by atoms with Gasteiger partial charge < -0.3 is 36.2 Å². The number of hydrogen-bond donors (Lipinski definition) is 6. The van der Waals surface area contributed by atoms with Crippen LogP contribution in [0.4, 0.5) is 74.0 Å². The predicted molar refractivity (Wildman–Crippen MR) is 191 cm³/mol. The topological polar surface area (TPSA) is 220 Å². The van der Waals surface area contributed by atoms with E-state index in [0.717, 1.165) is 66.2 Å². The van der Waals surface area contributed by atoms with E-state index in [1.165, 1.54) is 0 Å². The van der Waals surface area contributed by atoms with Crippen molar-refractivity contribution >= 4 is 69.9 Å². The molecule has 1 amide bonds. The Kier molecular flexibility index (Phi) is 16.1. The smallest absolute Gasteiger partial charge is 0.475 e. The maximum absolute atomic E-state index is 13.1. The molecule has 6 bridgehead atoms. The molecule has 5 heterocycles. The number of anilines is 6. The summed E-state index contributed by atoms with van der Waals surface area (Å²) < 4.78 is 95.2. The molecule has 1 aromatic carbocycles. The number of alkyl halides is 9. The fraction of sp³-hybridized carbons (Fsp3) is 0.294. The zero-order valence-electron chi connectivity index (χ0n) is 29.7. The minimum atomic E-state index is -5.08. The van der Waals surface area contributed by atoms with Crippen molar-refractivity contribution in [1.82, 2.24) is 19.9 Å². The molecule has 59 heavy (non-hydrogen) atoms. The van der Waals surface area contributed by atoms with Crippen LogP contribution in [0, 0.1) is 5.92 Å². The lowest BCUT2D eigenvalue weighted by Gasteiger charge is -2.18. The van der Waals surface area contributed by atoms with Gasteiger partial charge >= 0.3 is 36.4 Å². The van der Waals surface area contributed by atoms with Crippen molar-refractivity contribution in [2.75, 3.05) is 33.9 Å². The van der Waals surface area contributed by atoms with Crippen LogP contribution in [-0.4, -0.2) is 90.7 Å². The number of hydrogen-bond acceptors (Lipinski definition) is 11. The Morgan fingerprint density at radius 2 is 1.37 bits per heavy atom. The van der Waals surface area contributed by atoms with Gasteiger partial charge in [0.1, 0.15) is 5.02 Å². The summed E-state index contributed by atoms with van der Waals surface area (Å²) in [7, 11) is 0. The van der Waals surface area contributed by atoms with Crippen LogP contribution in [0.5, 0.6) is 0 Å². The lowest BCUT2D eigenvalue weighted by molar-refractivity contribution is -0.193. The molecule has 6 rings (SSSR count). The number of rotatable bonds is 4. The largest absolute Gasteiger partial charge is 0.490 e. The third kappa shape index (κ3) is 15.8. The van der Waals surface area contributed by atoms with E-state index in [2.05, 4.69) is 40.8 Å². The number of carbonyl (C=O) groups is 4. The lowest BCUT2D eigenvalue weighted by atomic mass is 10.0. The summed E-state index contributed by atoms with van der Waals surface area (Å²) in [5.41, 5.74) is 5.69. The van der Waals surface area contributed by atoms with Gasteiger partial charge in [0.05, 0.1) is 18.1 Å². The van der Waals surface area contributed by atoms with Crippen LogP contribution in [0.2, 0.25) is 5.02 Å². The third-order valence-corrected chi connectivity index (χ3v) is 7.91. The highest BCUT2D eigenvalue weighted by atomic mass is 35.5. The highest BCUT2D eigenvalue weighted by Gasteiger charge is 2.39. The summed E-state index contributed by atoms with van der Waals surface area (Å²) >= 11 is 6.37. The highest BCUT2D eigenvalue weighted by Crippen LogP contribution is 2.30. The van der Waals surface area contributed by atoms with Gasteiger partial charge in [-0.25, -0.2) is 19.4 Å². The lowest BCUT2D eigenvalue weighted by Crippen LogP contribution is -2.22. The summed E-state index contributed by atoms with van der Waals surface area (Å²) in [6.45, 7) is 1.81. The van der Waals surface area contributed by atoms with Crippen LogP contribution in [0.25, 0.3) is 0 Å². The number of pyridine rings is 2. The van der Waals surface area contributed by atoms with Crippen LogP contribution in [0.15, 0.2) is 67.4 Å². The molecule has 1 unspecified atom stereocenters. The molecule has 0 saturated carbocycles. The molecule has 3 aromatic heterocycles. The second-order valence-corrected chi connectivity index (χ2v) is 12.5. The standard InChI is InChI=1S/C28H27ClN8O.3C2HF3O2/c29-24-16-32-28-34-22-11-18(14-31-15-22)1-2-20-13-21(33-27(24)36-28)3-4-25(20)35-26(38)12-19-7-10-37(17-19)23-5-8-30-9-6-23;3*3-2(4,5)1(6)7/h3-6,8-9,11,13-16,19H,1-2,7,10,12,17H2,(H,35,38)(H2,32,33,34,36);3*(H,6,7). The molecule has 0 radical (unpaired) electrons. The van der Waals surface area contributed by atoms with Gasteiger partial charge in [0.2, 0.25) is 11.9 Å². The normalized spacial score (nSPS) is 14.5. The van der Waals surface area contributed by atoms with Crippen molar-refractivity contribution in [2.24, 2.45) is 5.92 Å². The minimum absolute atomic E-state index is 0.0304. The number of amides is 1. The Morgan fingerprint density at radius 1 is 0.780 bits per heavy atom. The van der Waals surface area contributed by atoms with Crippen molar-refractivity contribution in [3.63, 3.8) is 0 Å². The molecular formula is C34H30ClF9N8O7. The van der Waals surface area contributed by atoms with Crippen LogP contribution in [0.1, 0.15) is 24.0 Å². The van der Waals surface area contributed by atoms with Crippen molar-refractivity contribution in [3.05, 3.63) is 83.5 Å². The first-order valence-electron chi connectivity index (χ1n) is 16.4. The van der Waals surface area contributed by atoms with Gasteiger partial charge in [0, 0.05) is 55.2 Å². The van der Waals surface area contributed by atoms with Gasteiger partial charge in [-0.05, 0) is 72.7 Å². The number of benzene rings is 1. The van der Waals surface area contributed by atoms with E-state index in [1.807, 2.05) is 42.6 Å². The molecule has 25 heteroatoms. The zero-order valence-corrected chi connectivity index (χ0v) is 30.4. The summed E-state index contributed by atoms with van der Waals surface area (Å²) in [5.74, 6) is -7.01. The number of carboxylic acids is 3. The maximum Gasteiger partial charge on any atom is 0.490 e. The van der Waals surface area contributed by atoms with E-state index in [1.54, 1.807) is 24.8 Å². The molecule has 1 saturated heterocycles. The van der Waals surface area contributed by atoms with E-state index in [9.17, 15) is 44.3 Å². The number of aryl methyl sites for hydroxylation is 2. The fourth-order valence-electron chi connectivity index (χ4n) is 5.00. The monoisotopic (exact) mass is 868 g/mol. The first-order chi connectivity index (χ1) is 27.4. The first kappa shape index (κ1) is 46.9. The summed E-state index contributed by atoms with van der Waals surface area (Å²) in [6.07, 6.45) is -3.52. The van der Waals surface area contributed by atoms with Gasteiger partial charge in [0.15, 0.2) is 5.82 Å². The van der Waals surface area contributed by atoms with Crippen molar-refractivity contribution in [3.8, 4) is 0 Å². The van der Waals surface area contributed by atoms with Crippen LogP contribution in [-0.2, 0) is 32.0 Å². The predicted octanol–water partition coefficient (Wildman–Crippen LogP) is 7.26. The van der Waals surface area contributed by atoms with Gasteiger partial charge in [-0.15, -0.1) is 0 Å². The number of nitrogens with zero attached hydrogens (tertiary/aromatic N) is 5. The van der Waals surface area contributed by atoms with Crippen molar-refractivity contribution in [1.29, 1.82) is 0 Å². The Hall–Kier alpha value is -6.46. The average Bonchev–Trinajstić information content (AvgIpc) is 3.61. The molecule has 1 atom stereocenters. The Labute approximate surface area is 331 Å². The fourth-order valence-corrected chi connectivity index (χ4v) is 5.14. The molecule has 2 aliphatic heterocycles. The Morgan fingerprint density at radius 3 is 1.95 bits per heavy atom. The van der Waals surface area contributed by atoms with E-state index >= 15 is 0 Å². The van der Waals surface area contributed by atoms with Crippen LogP contribution >= 0.6 is 11.6 Å². The average molecular weight is 869 g/mol. The second kappa shape index (κ2) is 20.3. The van der Waals surface area contributed by atoms with Gasteiger partial charge in [0.25, 0.3) is 0 Å². The van der Waals surface area contributed by atoms with E-state index in [0.29, 0.717) is 29.1 Å². The minimum Gasteiger partial charge on any atom is -0.475 e. The maximum atomic E-state index is 13.1. The number of nitrogens with one attached hydrogen (secondary N) is 3. The number of halogens is 10. The van der Waals surface area contributed by atoms with E-state index in [-0.39, 0.29) is 5.91 Å². The zero-order chi connectivity index (χ0) is 44.1. The summed E-state index contributed by atoms with van der Waals surface area (Å²) in [5, 5.41) is 31.5. The summed E-state index contributed by atoms with van der Waals surface area (Å²) in [4.78, 5) is 59.4. The number of carbonyl (C=O) groups excluding carboxylic acids is 1. The van der Waals surface area contributed by atoms with E-state index in [4.69, 9.17) is 41.3 Å². The van der Waals surface area contributed by atoms with Crippen LogP contribution < -0.4 is 20.9 Å². The van der Waals surface area contributed by atoms with Gasteiger partial charge in [-0.2, -0.15) is 44.5 Å². The van der Waals surface area contributed by atoms with Crippen molar-refractivity contribution in [2.45, 2.75) is 44.2 Å². The first-order valence-corrected chi connectivity index (χ1v) is 16.8. The molecule has 318 valence electrons. The molecule has 6 N–H and O–H groups in total. The van der Waals surface area contributed by atoms with Crippen LogP contribution in [0.3, 0.4) is 0 Å². The SMILES string of the molecule is O=C(CC1CCN(c2ccncc2)C1)Nc1ccc2cc1CCc1cncc(c1)Nc1ncc(Cl)c(n1)N2.O=C(O)C(F)(F)F.O=C(O)C(F)(F)F.O=C(O)C(F)(F)F. The molecular weight excluding hydrogens is 839 g/mol. The molecule has 4 aromatic rings. The molecule has 1 fully saturated rings. The molecule has 2 aliphatic rings. The Bertz CT molecular complexity index is 2040. The quantitative estimate of drug-likeness (QED) is 0.111. The second-order valence-electron chi connectivity index (χ2n) is 12.1. The highest BCUT2D eigenvalue weighted by molar-refractivity contribution is 6.32. The molecule has 0 aliphatic carbocycles. The number of carboxylic acid groups (broad SMARTS) is 3. The summed E-state index contributed by atoms with van der Waals surface area (Å²) in [6, 6.07) is 12.0. The molecule has 0 spiro atoms. The number of aromatic nitrogens is 4. The third-order valence-electron chi connectivity index (χ3n) is 7.64.